The third-order valence-corrected chi connectivity index (χ3v) is 6.55. The van der Waals surface area contributed by atoms with E-state index in [1.807, 2.05) is 24.3 Å². The lowest BCUT2D eigenvalue weighted by Gasteiger charge is -2.22. The maximum atomic E-state index is 12.5. The molecular weight excluding hydrogens is 286 g/mol. The van der Waals surface area contributed by atoms with Crippen LogP contribution in [0.5, 0.6) is 0 Å². The van der Waals surface area contributed by atoms with Crippen molar-refractivity contribution in [3.05, 3.63) is 35.4 Å². The van der Waals surface area contributed by atoms with E-state index in [2.05, 4.69) is 6.92 Å². The number of hydrogen-bond donors (Lipinski definition) is 1. The van der Waals surface area contributed by atoms with E-state index in [1.165, 1.54) is 5.56 Å². The summed E-state index contributed by atoms with van der Waals surface area (Å²) < 4.78 is 30.4. The van der Waals surface area contributed by atoms with Crippen LogP contribution in [0.15, 0.2) is 24.3 Å². The van der Waals surface area contributed by atoms with Crippen LogP contribution in [0.4, 0.5) is 0 Å². The zero-order valence-corrected chi connectivity index (χ0v) is 13.6. The summed E-state index contributed by atoms with van der Waals surface area (Å²) in [5.41, 5.74) is 8.26. The van der Waals surface area contributed by atoms with Crippen LogP contribution in [-0.2, 0) is 21.0 Å². The first-order valence-electron chi connectivity index (χ1n) is 7.61. The highest BCUT2D eigenvalue weighted by Gasteiger charge is 2.32. The Kier molecular flexibility index (Phi) is 5.41. The quantitative estimate of drug-likeness (QED) is 0.874. The van der Waals surface area contributed by atoms with Gasteiger partial charge in [-0.2, -0.15) is 0 Å². The molecule has 3 unspecified atom stereocenters. The van der Waals surface area contributed by atoms with Gasteiger partial charge in [0.05, 0.1) is 17.1 Å². The normalized spacial score (nSPS) is 22.1. The lowest BCUT2D eigenvalue weighted by Crippen LogP contribution is -2.35. The lowest BCUT2D eigenvalue weighted by molar-refractivity contribution is 0.127. The highest BCUT2D eigenvalue weighted by molar-refractivity contribution is 7.92. The van der Waals surface area contributed by atoms with Crippen LogP contribution >= 0.6 is 0 Å². The second kappa shape index (κ2) is 6.90. The van der Waals surface area contributed by atoms with Crippen LogP contribution < -0.4 is 5.73 Å². The van der Waals surface area contributed by atoms with E-state index in [9.17, 15) is 8.42 Å². The van der Waals surface area contributed by atoms with E-state index in [0.29, 0.717) is 6.61 Å². The van der Waals surface area contributed by atoms with E-state index >= 15 is 0 Å². The van der Waals surface area contributed by atoms with E-state index in [0.717, 1.165) is 24.8 Å². The summed E-state index contributed by atoms with van der Waals surface area (Å²) in [4.78, 5) is 0. The standard InChI is InChI=1S/C16H25NO3S/c1-3-13-6-8-14(9-7-13)16(17)12(2)21(18,19)11-15-5-4-10-20-15/h6-9,12,15-16H,3-5,10-11,17H2,1-2H3. The van der Waals surface area contributed by atoms with Crippen LogP contribution in [0, 0.1) is 0 Å². The number of rotatable bonds is 6. The summed E-state index contributed by atoms with van der Waals surface area (Å²) in [6.45, 7) is 4.45. The molecule has 3 atom stereocenters. The van der Waals surface area contributed by atoms with Crippen LogP contribution in [0.3, 0.4) is 0 Å². The summed E-state index contributed by atoms with van der Waals surface area (Å²) in [5.74, 6) is 0.0783. The maximum absolute atomic E-state index is 12.5. The fraction of sp³-hybridized carbons (Fsp3) is 0.625. The Balaban J connectivity index is 2.07. The molecule has 0 spiro atoms. The number of aryl methyl sites for hydroxylation is 1. The monoisotopic (exact) mass is 311 g/mol. The fourth-order valence-electron chi connectivity index (χ4n) is 2.66. The van der Waals surface area contributed by atoms with Gasteiger partial charge in [-0.05, 0) is 37.3 Å². The molecule has 2 N–H and O–H groups in total. The summed E-state index contributed by atoms with van der Waals surface area (Å²) >= 11 is 0. The minimum Gasteiger partial charge on any atom is -0.377 e. The molecule has 1 fully saturated rings. The first-order chi connectivity index (χ1) is 9.94. The Morgan fingerprint density at radius 1 is 1.33 bits per heavy atom. The van der Waals surface area contributed by atoms with Gasteiger partial charge in [-0.25, -0.2) is 8.42 Å². The summed E-state index contributed by atoms with van der Waals surface area (Å²) in [6, 6.07) is 7.38. The Morgan fingerprint density at radius 3 is 2.52 bits per heavy atom. The van der Waals surface area contributed by atoms with Gasteiger partial charge in [-0.15, -0.1) is 0 Å². The molecular formula is C16H25NO3S. The number of sulfone groups is 1. The molecule has 1 aromatic rings. The van der Waals surface area contributed by atoms with Crippen molar-refractivity contribution in [2.45, 2.75) is 50.5 Å². The fourth-order valence-corrected chi connectivity index (χ4v) is 4.35. The van der Waals surface area contributed by atoms with Crippen LogP contribution in [-0.4, -0.2) is 32.1 Å². The Labute approximate surface area is 127 Å². The van der Waals surface area contributed by atoms with Gasteiger partial charge in [0.25, 0.3) is 0 Å². The zero-order valence-electron chi connectivity index (χ0n) is 12.8. The highest BCUT2D eigenvalue weighted by atomic mass is 32.2. The van der Waals surface area contributed by atoms with E-state index in [1.54, 1.807) is 6.92 Å². The van der Waals surface area contributed by atoms with Crippen molar-refractivity contribution < 1.29 is 13.2 Å². The maximum Gasteiger partial charge on any atom is 0.157 e. The Hall–Kier alpha value is -0.910. The van der Waals surface area contributed by atoms with E-state index in [-0.39, 0.29) is 11.9 Å². The number of hydrogen-bond acceptors (Lipinski definition) is 4. The molecule has 21 heavy (non-hydrogen) atoms. The molecule has 2 rings (SSSR count). The molecule has 1 aliphatic heterocycles. The average molecular weight is 311 g/mol. The number of ether oxygens (including phenoxy) is 1. The third-order valence-electron chi connectivity index (χ3n) is 4.29. The molecule has 1 aromatic carbocycles. The van der Waals surface area contributed by atoms with E-state index in [4.69, 9.17) is 10.5 Å². The lowest BCUT2D eigenvalue weighted by atomic mass is 10.0. The van der Waals surface area contributed by atoms with E-state index < -0.39 is 21.1 Å². The third kappa shape index (κ3) is 4.05. The zero-order chi connectivity index (χ0) is 15.5. The largest absolute Gasteiger partial charge is 0.377 e. The molecule has 5 heteroatoms. The van der Waals surface area contributed by atoms with Gasteiger partial charge < -0.3 is 10.5 Å². The minimum atomic E-state index is -3.26. The van der Waals surface area contributed by atoms with Gasteiger partial charge in [-0.1, -0.05) is 31.2 Å². The van der Waals surface area contributed by atoms with Gasteiger partial charge in [-0.3, -0.25) is 0 Å². The van der Waals surface area contributed by atoms with Crippen LogP contribution in [0.1, 0.15) is 43.9 Å². The molecule has 118 valence electrons. The van der Waals surface area contributed by atoms with Crippen molar-refractivity contribution in [2.24, 2.45) is 5.73 Å². The summed E-state index contributed by atoms with van der Waals surface area (Å²) in [6.07, 6.45) is 2.57. The SMILES string of the molecule is CCc1ccc(C(N)C(C)S(=O)(=O)CC2CCCO2)cc1. The van der Waals surface area contributed by atoms with Crippen LogP contribution in [0.25, 0.3) is 0 Å². The Morgan fingerprint density at radius 2 is 2.00 bits per heavy atom. The van der Waals surface area contributed by atoms with Gasteiger partial charge in [0.15, 0.2) is 9.84 Å². The van der Waals surface area contributed by atoms with Crippen molar-refractivity contribution in [3.8, 4) is 0 Å². The predicted molar refractivity (Wildman–Crippen MR) is 85.0 cm³/mol. The second-order valence-electron chi connectivity index (χ2n) is 5.79. The number of nitrogens with two attached hydrogens (primary N) is 1. The number of benzene rings is 1. The molecule has 1 heterocycles. The van der Waals surface area contributed by atoms with Crippen molar-refractivity contribution in [3.63, 3.8) is 0 Å². The molecule has 1 aliphatic rings. The van der Waals surface area contributed by atoms with Gasteiger partial charge in [0.2, 0.25) is 0 Å². The molecule has 0 amide bonds. The van der Waals surface area contributed by atoms with Gasteiger partial charge in [0.1, 0.15) is 0 Å². The first-order valence-corrected chi connectivity index (χ1v) is 9.33. The first kappa shape index (κ1) is 16.5. The Bertz CT molecular complexity index is 547. The van der Waals surface area contributed by atoms with Crippen molar-refractivity contribution >= 4 is 9.84 Å². The molecule has 1 saturated heterocycles. The molecule has 0 bridgehead atoms. The highest BCUT2D eigenvalue weighted by Crippen LogP contribution is 2.23. The van der Waals surface area contributed by atoms with Crippen LogP contribution in [0.2, 0.25) is 0 Å². The summed E-state index contributed by atoms with van der Waals surface area (Å²) in [5, 5.41) is -0.603. The van der Waals surface area contributed by atoms with Crippen molar-refractivity contribution in [1.29, 1.82) is 0 Å². The van der Waals surface area contributed by atoms with Gasteiger partial charge >= 0.3 is 0 Å². The summed E-state index contributed by atoms with van der Waals surface area (Å²) in [7, 11) is -3.26. The smallest absolute Gasteiger partial charge is 0.157 e. The average Bonchev–Trinajstić information content (AvgIpc) is 2.98. The van der Waals surface area contributed by atoms with Crippen molar-refractivity contribution in [2.75, 3.05) is 12.4 Å². The molecule has 4 nitrogen and oxygen atoms in total. The van der Waals surface area contributed by atoms with Crippen molar-refractivity contribution in [1.82, 2.24) is 0 Å². The topological polar surface area (TPSA) is 69.4 Å². The molecule has 0 radical (unpaired) electrons. The predicted octanol–water partition coefficient (Wildman–Crippen LogP) is 2.23. The van der Waals surface area contributed by atoms with Gasteiger partial charge in [0, 0.05) is 12.6 Å². The molecule has 0 aliphatic carbocycles. The minimum absolute atomic E-state index is 0.0783. The second-order valence-corrected chi connectivity index (χ2v) is 8.19. The molecule has 0 saturated carbocycles. The molecule has 0 aromatic heterocycles.